The number of primary amides is 1. The van der Waals surface area contributed by atoms with E-state index in [1.54, 1.807) is 24.3 Å². The van der Waals surface area contributed by atoms with Gasteiger partial charge in [-0.3, -0.25) is 9.10 Å². The zero-order valence-corrected chi connectivity index (χ0v) is 15.2. The molecule has 1 heterocycles. The summed E-state index contributed by atoms with van der Waals surface area (Å²) in [4.78, 5) is 11.1. The van der Waals surface area contributed by atoms with E-state index < -0.39 is 31.9 Å². The van der Waals surface area contributed by atoms with Crippen molar-refractivity contribution < 1.29 is 21.6 Å². The van der Waals surface area contributed by atoms with Gasteiger partial charge in [-0.25, -0.2) is 22.0 Å². The maximum Gasteiger partial charge on any atom is 0.264 e. The number of sulfonamides is 2. The van der Waals surface area contributed by atoms with Gasteiger partial charge in [0.05, 0.1) is 21.4 Å². The predicted octanol–water partition coefficient (Wildman–Crippen LogP) is 0.187. The summed E-state index contributed by atoms with van der Waals surface area (Å²) >= 11 is 0. The van der Waals surface area contributed by atoms with Gasteiger partial charge in [0.25, 0.3) is 10.0 Å². The van der Waals surface area contributed by atoms with Gasteiger partial charge in [0.2, 0.25) is 15.9 Å². The van der Waals surface area contributed by atoms with Crippen molar-refractivity contribution in [1.29, 1.82) is 0 Å². The number of hydrogen-bond donors (Lipinski definition) is 2. The maximum atomic E-state index is 13.1. The van der Waals surface area contributed by atoms with Crippen LogP contribution in [-0.2, 0) is 31.3 Å². The molecule has 0 saturated heterocycles. The molecule has 26 heavy (non-hydrogen) atoms. The zero-order chi connectivity index (χ0) is 19.1. The molecule has 0 saturated carbocycles. The van der Waals surface area contributed by atoms with Crippen molar-refractivity contribution in [2.45, 2.75) is 16.2 Å². The Morgan fingerprint density at radius 2 is 1.65 bits per heavy atom. The van der Waals surface area contributed by atoms with Crippen LogP contribution in [-0.4, -0.2) is 29.3 Å². The van der Waals surface area contributed by atoms with Crippen molar-refractivity contribution in [1.82, 2.24) is 0 Å². The molecule has 1 aliphatic heterocycles. The van der Waals surface area contributed by atoms with E-state index in [1.165, 1.54) is 18.2 Å². The highest BCUT2D eigenvalue weighted by Crippen LogP contribution is 2.34. The summed E-state index contributed by atoms with van der Waals surface area (Å²) in [5.74, 6) is -1.28. The molecule has 2 aromatic carbocycles. The van der Waals surface area contributed by atoms with E-state index in [1.807, 2.05) is 0 Å². The molecule has 138 valence electrons. The molecular weight excluding hydrogens is 378 g/mol. The van der Waals surface area contributed by atoms with Gasteiger partial charge < -0.3 is 5.73 Å². The number of carbonyl (C=O) groups excluding carboxylic acids is 1. The Bertz CT molecular complexity index is 1080. The number of rotatable bonds is 4. The van der Waals surface area contributed by atoms with E-state index in [-0.39, 0.29) is 16.3 Å². The molecule has 0 radical (unpaired) electrons. The summed E-state index contributed by atoms with van der Waals surface area (Å²) in [6.45, 7) is -0.117. The predicted molar refractivity (Wildman–Crippen MR) is 95.2 cm³/mol. The minimum Gasteiger partial charge on any atom is -0.369 e. The SMILES string of the molecule is NC(=O)C1Cc2ccccc2N(S(=O)(=O)c2cccc(S(N)(=O)=O)c2)C1. The van der Waals surface area contributed by atoms with E-state index in [0.717, 1.165) is 10.4 Å². The normalized spacial score (nSPS) is 17.6. The van der Waals surface area contributed by atoms with Gasteiger partial charge in [0.15, 0.2) is 0 Å². The summed E-state index contributed by atoms with van der Waals surface area (Å²) in [5.41, 5.74) is 6.50. The number of fused-ring (bicyclic) bond motifs is 1. The molecule has 1 aliphatic rings. The molecular formula is C16H17N3O5S2. The van der Waals surface area contributed by atoms with Gasteiger partial charge in [-0.2, -0.15) is 0 Å². The summed E-state index contributed by atoms with van der Waals surface area (Å²) in [5, 5.41) is 5.09. The lowest BCUT2D eigenvalue weighted by molar-refractivity contribution is -0.121. The summed E-state index contributed by atoms with van der Waals surface area (Å²) in [6.07, 6.45) is 0.342. The molecule has 3 rings (SSSR count). The van der Waals surface area contributed by atoms with Crippen LogP contribution in [0.2, 0.25) is 0 Å². The molecule has 2 aromatic rings. The second kappa shape index (κ2) is 6.38. The number of amides is 1. The fourth-order valence-electron chi connectivity index (χ4n) is 2.91. The van der Waals surface area contributed by atoms with Gasteiger partial charge >= 0.3 is 0 Å². The smallest absolute Gasteiger partial charge is 0.264 e. The van der Waals surface area contributed by atoms with Crippen LogP contribution >= 0.6 is 0 Å². The molecule has 0 aromatic heterocycles. The molecule has 4 N–H and O–H groups in total. The van der Waals surface area contributed by atoms with Gasteiger partial charge in [0.1, 0.15) is 0 Å². The van der Waals surface area contributed by atoms with E-state index in [2.05, 4.69) is 0 Å². The van der Waals surface area contributed by atoms with Crippen LogP contribution in [0.4, 0.5) is 5.69 Å². The Kier molecular flexibility index (Phi) is 4.51. The fourth-order valence-corrected chi connectivity index (χ4v) is 5.14. The van der Waals surface area contributed by atoms with E-state index in [4.69, 9.17) is 10.9 Å². The number of anilines is 1. The first-order valence-electron chi connectivity index (χ1n) is 7.63. The second-order valence-corrected chi connectivity index (χ2v) is 9.41. The van der Waals surface area contributed by atoms with Crippen molar-refractivity contribution >= 4 is 31.6 Å². The van der Waals surface area contributed by atoms with Crippen molar-refractivity contribution in [2.24, 2.45) is 16.8 Å². The van der Waals surface area contributed by atoms with Crippen LogP contribution in [0.15, 0.2) is 58.3 Å². The number of para-hydroxylation sites is 1. The third-order valence-corrected chi connectivity index (χ3v) is 6.92. The second-order valence-electron chi connectivity index (χ2n) is 5.99. The van der Waals surface area contributed by atoms with Crippen molar-refractivity contribution in [3.05, 3.63) is 54.1 Å². The average Bonchev–Trinajstić information content (AvgIpc) is 2.60. The number of carbonyl (C=O) groups is 1. The third-order valence-electron chi connectivity index (χ3n) is 4.24. The van der Waals surface area contributed by atoms with Crippen LogP contribution in [0, 0.1) is 5.92 Å². The minimum absolute atomic E-state index is 0.117. The number of nitrogens with zero attached hydrogens (tertiary/aromatic N) is 1. The average molecular weight is 395 g/mol. The molecule has 1 atom stereocenters. The number of hydrogen-bond acceptors (Lipinski definition) is 5. The quantitative estimate of drug-likeness (QED) is 0.760. The van der Waals surface area contributed by atoms with Crippen LogP contribution in [0.5, 0.6) is 0 Å². The number of nitrogens with two attached hydrogens (primary N) is 2. The summed E-state index contributed by atoms with van der Waals surface area (Å²) in [7, 11) is -8.18. The molecule has 0 fully saturated rings. The van der Waals surface area contributed by atoms with Gasteiger partial charge in [-0.1, -0.05) is 24.3 Å². The van der Waals surface area contributed by atoms with Crippen LogP contribution in [0.25, 0.3) is 0 Å². The lowest BCUT2D eigenvalue weighted by Gasteiger charge is -2.34. The number of benzene rings is 2. The van der Waals surface area contributed by atoms with Crippen molar-refractivity contribution in [2.75, 3.05) is 10.8 Å². The Hall–Kier alpha value is -2.43. The van der Waals surface area contributed by atoms with Crippen molar-refractivity contribution in [3.8, 4) is 0 Å². The van der Waals surface area contributed by atoms with Gasteiger partial charge in [-0.05, 0) is 36.2 Å². The van der Waals surface area contributed by atoms with E-state index in [0.29, 0.717) is 17.7 Å². The Morgan fingerprint density at radius 1 is 1.00 bits per heavy atom. The number of primary sulfonamides is 1. The molecule has 0 bridgehead atoms. The first-order valence-corrected chi connectivity index (χ1v) is 10.6. The van der Waals surface area contributed by atoms with E-state index in [9.17, 15) is 21.6 Å². The monoisotopic (exact) mass is 395 g/mol. The largest absolute Gasteiger partial charge is 0.369 e. The molecule has 10 heteroatoms. The zero-order valence-electron chi connectivity index (χ0n) is 13.6. The fraction of sp³-hybridized carbons (Fsp3) is 0.188. The van der Waals surface area contributed by atoms with Crippen LogP contribution in [0.1, 0.15) is 5.56 Å². The van der Waals surface area contributed by atoms with Gasteiger partial charge in [-0.15, -0.1) is 0 Å². The van der Waals surface area contributed by atoms with Crippen LogP contribution < -0.4 is 15.2 Å². The minimum atomic E-state index is -4.12. The highest BCUT2D eigenvalue weighted by atomic mass is 32.2. The first-order chi connectivity index (χ1) is 12.1. The lowest BCUT2D eigenvalue weighted by Crippen LogP contribution is -2.44. The highest BCUT2D eigenvalue weighted by molar-refractivity contribution is 7.93. The third kappa shape index (κ3) is 3.30. The Labute approximate surface area is 151 Å². The molecule has 1 amide bonds. The molecule has 0 spiro atoms. The molecule has 1 unspecified atom stereocenters. The highest BCUT2D eigenvalue weighted by Gasteiger charge is 2.35. The maximum absolute atomic E-state index is 13.1. The van der Waals surface area contributed by atoms with Gasteiger partial charge in [0, 0.05) is 6.54 Å². The molecule has 8 nitrogen and oxygen atoms in total. The lowest BCUT2D eigenvalue weighted by atomic mass is 9.93. The van der Waals surface area contributed by atoms with E-state index >= 15 is 0 Å². The standard InChI is InChI=1S/C16H17N3O5S2/c17-16(20)12-8-11-4-1-2-7-15(11)19(10-12)26(23,24)14-6-3-5-13(9-14)25(18,21)22/h1-7,9,12H,8,10H2,(H2,17,20)(H2,18,21,22). The van der Waals surface area contributed by atoms with Crippen molar-refractivity contribution in [3.63, 3.8) is 0 Å². The Balaban J connectivity index is 2.13. The summed E-state index contributed by atoms with van der Waals surface area (Å²) < 4.78 is 50.4. The Morgan fingerprint density at radius 3 is 2.31 bits per heavy atom. The first kappa shape index (κ1) is 18.4. The molecule has 0 aliphatic carbocycles. The topological polar surface area (TPSA) is 141 Å². The summed E-state index contributed by atoms with van der Waals surface area (Å²) in [6, 6.07) is 11.6. The van der Waals surface area contributed by atoms with Crippen LogP contribution in [0.3, 0.4) is 0 Å².